The second-order valence-electron chi connectivity index (χ2n) is 11.9. The van der Waals surface area contributed by atoms with Crippen molar-refractivity contribution < 1.29 is 4.79 Å². The van der Waals surface area contributed by atoms with Gasteiger partial charge in [0, 0.05) is 5.92 Å². The van der Waals surface area contributed by atoms with Gasteiger partial charge in [-0.3, -0.25) is 0 Å². The van der Waals surface area contributed by atoms with E-state index in [-0.39, 0.29) is 0 Å². The van der Waals surface area contributed by atoms with E-state index in [9.17, 15) is 4.79 Å². The highest BCUT2D eigenvalue weighted by Crippen LogP contribution is 2.57. The number of unbranched alkanes of at least 4 members (excludes halogenated alkanes) is 4. The zero-order valence-electron chi connectivity index (χ0n) is 21.2. The lowest BCUT2D eigenvalue weighted by atomic mass is 9.51. The van der Waals surface area contributed by atoms with E-state index in [1.807, 2.05) is 0 Å². The van der Waals surface area contributed by atoms with Crippen molar-refractivity contribution in [3.05, 3.63) is 0 Å². The number of rotatable bonds is 12. The summed E-state index contributed by atoms with van der Waals surface area (Å²) in [6.45, 7) is 4.64. The molecule has 3 rings (SSSR count). The summed E-state index contributed by atoms with van der Waals surface area (Å²) in [4.78, 5) is 12.7. The summed E-state index contributed by atoms with van der Waals surface area (Å²) >= 11 is 0. The van der Waals surface area contributed by atoms with Gasteiger partial charge in [0.25, 0.3) is 0 Å². The molecule has 0 amide bonds. The van der Waals surface area contributed by atoms with Gasteiger partial charge in [0.1, 0.15) is 6.29 Å². The standard InChI is InChI=1S/C30H54O/c1-3-5-8-12-25-16-18-27(19-17-25)29(24-31)30(28-14-10-7-11-15-28)22-20-26(21-23-30)13-9-6-4-2/h24-29H,3-23H2,1-2H3/t25?,26-,27?,29?,30+. The second-order valence-corrected chi connectivity index (χ2v) is 11.9. The Morgan fingerprint density at radius 2 is 1.26 bits per heavy atom. The number of aldehydes is 1. The Morgan fingerprint density at radius 1 is 0.710 bits per heavy atom. The van der Waals surface area contributed by atoms with Crippen LogP contribution in [0.3, 0.4) is 0 Å². The van der Waals surface area contributed by atoms with Crippen LogP contribution in [0.15, 0.2) is 0 Å². The molecule has 0 aromatic carbocycles. The van der Waals surface area contributed by atoms with Crippen molar-refractivity contribution in [1.82, 2.24) is 0 Å². The number of hydrogen-bond acceptors (Lipinski definition) is 1. The van der Waals surface area contributed by atoms with Crippen LogP contribution in [0, 0.1) is 35.0 Å². The third-order valence-electron chi connectivity index (χ3n) is 10.1. The van der Waals surface area contributed by atoms with E-state index in [1.54, 1.807) is 0 Å². The minimum absolute atomic E-state index is 0.364. The highest BCUT2D eigenvalue weighted by atomic mass is 16.1. The minimum Gasteiger partial charge on any atom is -0.303 e. The predicted octanol–water partition coefficient (Wildman–Crippen LogP) is 9.53. The molecule has 0 aromatic rings. The highest BCUT2D eigenvalue weighted by molar-refractivity contribution is 5.56. The van der Waals surface area contributed by atoms with Gasteiger partial charge < -0.3 is 4.79 Å². The molecule has 3 saturated carbocycles. The minimum atomic E-state index is 0.364. The van der Waals surface area contributed by atoms with Crippen molar-refractivity contribution in [3.8, 4) is 0 Å². The normalized spacial score (nSPS) is 33.8. The molecule has 180 valence electrons. The Morgan fingerprint density at radius 3 is 1.77 bits per heavy atom. The van der Waals surface area contributed by atoms with Crippen molar-refractivity contribution >= 4 is 6.29 Å². The molecule has 3 fully saturated rings. The molecule has 0 aromatic heterocycles. The zero-order chi connectivity index (χ0) is 21.9. The first-order chi connectivity index (χ1) is 15.2. The molecular formula is C30H54O. The highest BCUT2D eigenvalue weighted by Gasteiger charge is 2.49. The fourth-order valence-corrected chi connectivity index (χ4v) is 8.11. The quantitative estimate of drug-likeness (QED) is 0.222. The molecular weight excluding hydrogens is 376 g/mol. The van der Waals surface area contributed by atoms with Gasteiger partial charge in [-0.2, -0.15) is 0 Å². The van der Waals surface area contributed by atoms with Gasteiger partial charge >= 0.3 is 0 Å². The van der Waals surface area contributed by atoms with Crippen LogP contribution in [0.4, 0.5) is 0 Å². The van der Waals surface area contributed by atoms with E-state index in [2.05, 4.69) is 13.8 Å². The first kappa shape index (κ1) is 25.3. The van der Waals surface area contributed by atoms with Crippen molar-refractivity contribution in [3.63, 3.8) is 0 Å². The van der Waals surface area contributed by atoms with E-state index in [0.717, 1.165) is 17.8 Å². The van der Waals surface area contributed by atoms with Crippen LogP contribution < -0.4 is 0 Å². The van der Waals surface area contributed by atoms with Crippen LogP contribution >= 0.6 is 0 Å². The fourth-order valence-electron chi connectivity index (χ4n) is 8.11. The van der Waals surface area contributed by atoms with Gasteiger partial charge in [0.15, 0.2) is 0 Å². The van der Waals surface area contributed by atoms with E-state index in [0.29, 0.717) is 17.3 Å². The van der Waals surface area contributed by atoms with Gasteiger partial charge in [-0.05, 0) is 80.5 Å². The van der Waals surface area contributed by atoms with Gasteiger partial charge in [-0.15, -0.1) is 0 Å². The van der Waals surface area contributed by atoms with Crippen LogP contribution in [0.1, 0.15) is 149 Å². The van der Waals surface area contributed by atoms with Crippen LogP contribution in [-0.4, -0.2) is 6.29 Å². The van der Waals surface area contributed by atoms with E-state index in [1.165, 1.54) is 141 Å². The maximum absolute atomic E-state index is 12.7. The van der Waals surface area contributed by atoms with Crippen molar-refractivity contribution in [2.75, 3.05) is 0 Å². The Balaban J connectivity index is 1.63. The largest absolute Gasteiger partial charge is 0.303 e. The van der Waals surface area contributed by atoms with Crippen molar-refractivity contribution in [2.45, 2.75) is 149 Å². The Hall–Kier alpha value is -0.330. The Bertz CT molecular complexity index is 475. The van der Waals surface area contributed by atoms with Gasteiger partial charge in [-0.1, -0.05) is 97.3 Å². The number of carbonyl (C=O) groups is 1. The summed E-state index contributed by atoms with van der Waals surface area (Å²) in [5, 5.41) is 0. The lowest BCUT2D eigenvalue weighted by Crippen LogP contribution is -2.46. The molecule has 31 heavy (non-hydrogen) atoms. The van der Waals surface area contributed by atoms with Gasteiger partial charge in [0.05, 0.1) is 0 Å². The topological polar surface area (TPSA) is 17.1 Å². The molecule has 0 heterocycles. The van der Waals surface area contributed by atoms with Crippen LogP contribution in [-0.2, 0) is 4.79 Å². The van der Waals surface area contributed by atoms with Crippen molar-refractivity contribution in [2.24, 2.45) is 35.0 Å². The molecule has 3 aliphatic carbocycles. The summed E-state index contributed by atoms with van der Waals surface area (Å²) in [7, 11) is 0. The van der Waals surface area contributed by atoms with Gasteiger partial charge in [0.2, 0.25) is 0 Å². The third kappa shape index (κ3) is 6.83. The SMILES string of the molecule is CCCCCC1CCC(C(C=O)[C@]2(C3CCCCC3)CC[C@H](CCCCC)CC2)CC1. The summed E-state index contributed by atoms with van der Waals surface area (Å²) in [5.74, 6) is 3.80. The lowest BCUT2D eigenvalue weighted by Gasteiger charge is -2.53. The Kier molecular flexibility index (Phi) is 10.9. The lowest BCUT2D eigenvalue weighted by molar-refractivity contribution is -0.125. The molecule has 0 radical (unpaired) electrons. The maximum Gasteiger partial charge on any atom is 0.123 e. The molecule has 1 unspecified atom stereocenters. The van der Waals surface area contributed by atoms with E-state index < -0.39 is 0 Å². The van der Waals surface area contributed by atoms with E-state index in [4.69, 9.17) is 0 Å². The molecule has 0 N–H and O–H groups in total. The van der Waals surface area contributed by atoms with Gasteiger partial charge in [-0.25, -0.2) is 0 Å². The van der Waals surface area contributed by atoms with E-state index >= 15 is 0 Å². The predicted molar refractivity (Wildman–Crippen MR) is 134 cm³/mol. The summed E-state index contributed by atoms with van der Waals surface area (Å²) in [6, 6.07) is 0. The average Bonchev–Trinajstić information content (AvgIpc) is 2.82. The average molecular weight is 431 g/mol. The van der Waals surface area contributed by atoms with Crippen LogP contribution in [0.25, 0.3) is 0 Å². The van der Waals surface area contributed by atoms with Crippen LogP contribution in [0.5, 0.6) is 0 Å². The second kappa shape index (κ2) is 13.4. The summed E-state index contributed by atoms with van der Waals surface area (Å²) < 4.78 is 0. The first-order valence-electron chi connectivity index (χ1n) is 14.7. The third-order valence-corrected chi connectivity index (χ3v) is 10.1. The molecule has 0 spiro atoms. The zero-order valence-corrected chi connectivity index (χ0v) is 21.2. The summed E-state index contributed by atoms with van der Waals surface area (Å²) in [5.41, 5.74) is 0.364. The number of carbonyl (C=O) groups excluding carboxylic acids is 1. The first-order valence-corrected chi connectivity index (χ1v) is 14.7. The molecule has 1 atom stereocenters. The number of hydrogen-bond donors (Lipinski definition) is 0. The maximum atomic E-state index is 12.7. The molecule has 1 nitrogen and oxygen atoms in total. The molecule has 0 aliphatic heterocycles. The molecule has 3 aliphatic rings. The smallest absolute Gasteiger partial charge is 0.123 e. The fraction of sp³-hybridized carbons (Fsp3) is 0.967. The van der Waals surface area contributed by atoms with Crippen LogP contribution in [0.2, 0.25) is 0 Å². The molecule has 0 bridgehead atoms. The molecule has 1 heteroatoms. The summed E-state index contributed by atoms with van der Waals surface area (Å²) in [6.07, 6.45) is 30.9. The molecule has 0 saturated heterocycles. The Labute approximate surface area is 194 Å². The monoisotopic (exact) mass is 430 g/mol. The van der Waals surface area contributed by atoms with Crippen molar-refractivity contribution in [1.29, 1.82) is 0 Å².